The molecule has 0 aliphatic carbocycles. The van der Waals surface area contributed by atoms with E-state index < -0.39 is 34.8 Å². The first-order valence-electron chi connectivity index (χ1n) is 25.5. The molecule has 0 spiro atoms. The van der Waals surface area contributed by atoms with Crippen molar-refractivity contribution in [3.8, 4) is 23.0 Å². The molecule has 81 heavy (non-hydrogen) atoms. The van der Waals surface area contributed by atoms with Crippen LogP contribution in [0.15, 0.2) is 103 Å². The molecule has 0 aliphatic heterocycles. The smallest absolute Gasteiger partial charge is 0.171 e. The summed E-state index contributed by atoms with van der Waals surface area (Å²) in [5.74, 6) is -4.07. The van der Waals surface area contributed by atoms with Gasteiger partial charge in [0, 0.05) is 52.9 Å². The summed E-state index contributed by atoms with van der Waals surface area (Å²) < 4.78 is 91.0. The number of halogens is 14. The Morgan fingerprint density at radius 3 is 0.790 bits per heavy atom. The van der Waals surface area contributed by atoms with Crippen molar-refractivity contribution in [3.05, 3.63) is 218 Å². The average Bonchev–Trinajstić information content (AvgIpc) is 3.35. The molecule has 7 rings (SSSR count). The van der Waals surface area contributed by atoms with E-state index in [0.717, 1.165) is 33.3 Å². The summed E-state index contributed by atoms with van der Waals surface area (Å²) in [6.45, 7) is 26.1. The van der Waals surface area contributed by atoms with Gasteiger partial charge in [-0.1, -0.05) is 196 Å². The van der Waals surface area contributed by atoms with Crippen molar-refractivity contribution in [2.45, 2.75) is 138 Å². The van der Waals surface area contributed by atoms with Crippen LogP contribution in [0.1, 0.15) is 177 Å². The number of hydrogen-bond acceptors (Lipinski definition) is 4. The minimum absolute atomic E-state index is 0.0235. The van der Waals surface area contributed by atoms with E-state index in [1.54, 1.807) is 45.9 Å². The van der Waals surface area contributed by atoms with Crippen LogP contribution < -0.4 is 0 Å². The molecule has 0 atom stereocenters. The topological polar surface area (TPSA) is 80.9 Å². The van der Waals surface area contributed by atoms with E-state index in [0.29, 0.717) is 42.7 Å². The van der Waals surface area contributed by atoms with Gasteiger partial charge in [-0.2, -0.15) is 0 Å². The van der Waals surface area contributed by atoms with Crippen LogP contribution in [-0.4, -0.2) is 20.4 Å². The molecular weight excluding hydrogens is 1200 g/mol. The third-order valence-corrected chi connectivity index (χ3v) is 13.9. The highest BCUT2D eigenvalue weighted by Gasteiger charge is 2.18. The SMILES string of the molecule is CC(C)c1c(Cl)ccc(O)c1Cl.CC(C)c1c(Cl)ccc(O)c1F.CC(C)c1c(Cl)cccc1Cl.CC(C)c1c(F)ccc(O)c1Cl.CC(C)c1c(F)ccc(O)c1F.CC(C)c1c(F)cccc1Cl.CC(C)c1c(F)cccc1F. The van der Waals surface area contributed by atoms with Gasteiger partial charge in [0.2, 0.25) is 0 Å². The maximum atomic E-state index is 13.2. The van der Waals surface area contributed by atoms with Crippen LogP contribution in [0.25, 0.3) is 0 Å². The maximum absolute atomic E-state index is 13.2. The molecule has 4 N–H and O–H groups in total. The fraction of sp³-hybridized carbons (Fsp3) is 0.333. The molecule has 0 radical (unpaired) electrons. The van der Waals surface area contributed by atoms with Crippen LogP contribution in [0, 0.1) is 40.7 Å². The fourth-order valence-corrected chi connectivity index (χ4v) is 10.3. The fourth-order valence-electron chi connectivity index (χ4n) is 7.54. The highest BCUT2D eigenvalue weighted by molar-refractivity contribution is 6.37. The molecule has 0 aromatic heterocycles. The van der Waals surface area contributed by atoms with Gasteiger partial charge in [-0.05, 0) is 137 Å². The van der Waals surface area contributed by atoms with Crippen LogP contribution in [0.5, 0.6) is 23.0 Å². The van der Waals surface area contributed by atoms with Crippen molar-refractivity contribution < 1.29 is 51.2 Å². The summed E-state index contributed by atoms with van der Waals surface area (Å²) in [5, 5.41) is 39.9. The molecule has 0 fully saturated rings. The van der Waals surface area contributed by atoms with Crippen LogP contribution >= 0.6 is 81.2 Å². The Balaban J connectivity index is 0.000000473. The monoisotopic (exact) mass is 1270 g/mol. The number of aromatic hydroxyl groups is 4. The first-order valence-corrected chi connectivity index (χ1v) is 28.2. The minimum Gasteiger partial charge on any atom is -0.506 e. The van der Waals surface area contributed by atoms with Gasteiger partial charge in [-0.3, -0.25) is 0 Å². The molecular formula is C63H70Cl7F7O4. The Labute approximate surface area is 508 Å². The molecule has 7 aromatic carbocycles. The molecule has 18 heteroatoms. The Morgan fingerprint density at radius 2 is 0.494 bits per heavy atom. The summed E-state index contributed by atoms with van der Waals surface area (Å²) in [4.78, 5) is 0. The first-order chi connectivity index (χ1) is 37.5. The van der Waals surface area contributed by atoms with E-state index in [2.05, 4.69) is 13.8 Å². The molecule has 4 nitrogen and oxygen atoms in total. The van der Waals surface area contributed by atoms with Crippen molar-refractivity contribution in [2.75, 3.05) is 0 Å². The highest BCUT2D eigenvalue weighted by atomic mass is 35.5. The Morgan fingerprint density at radius 1 is 0.247 bits per heavy atom. The molecule has 0 unspecified atom stereocenters. The molecule has 7 aromatic rings. The standard InChI is InChI=1S/C9H10Cl2O.C9H10Cl2.2C9H10ClFO.C9H10ClF.C9H10F2O.C9H10F2/c1-5(2)8-6(10)3-4-7(12)9(8)11;1-6(2)9-7(10)4-3-5-8(9)11;1-5(2)8-6(11)3-4-7(12)9(8)10;1-5(2)8-6(10)3-4-7(12)9(8)11;1-6(2)9-7(10)4-3-5-8(9)11;1-5(2)8-6(10)3-4-7(12)9(8)11;1-6(2)9-7(10)4-3-5-8(9)11/h3-5,12H,1-2H3;3-6H,1-2H3;2*3-5,12H,1-2H3;3-6H,1-2H3;3-5,12H,1-2H3;3-6H,1-2H3. The summed E-state index contributed by atoms with van der Waals surface area (Å²) in [5.41, 5.74) is 3.30. The molecule has 0 amide bonds. The minimum atomic E-state index is -0.856. The lowest BCUT2D eigenvalue weighted by molar-refractivity contribution is 0.419. The van der Waals surface area contributed by atoms with Gasteiger partial charge >= 0.3 is 0 Å². The molecule has 444 valence electrons. The lowest BCUT2D eigenvalue weighted by Crippen LogP contribution is -1.97. The predicted octanol–water partition coefficient (Wildman–Crippen LogP) is 24.0. The second-order valence-electron chi connectivity index (χ2n) is 20.2. The molecule has 0 aliphatic rings. The Hall–Kier alpha value is -4.72. The summed E-state index contributed by atoms with van der Waals surface area (Å²) in [7, 11) is 0. The summed E-state index contributed by atoms with van der Waals surface area (Å²) in [6.07, 6.45) is 0. The van der Waals surface area contributed by atoms with Crippen LogP contribution in [-0.2, 0) is 0 Å². The normalized spacial score (nSPS) is 10.7. The molecule has 0 saturated heterocycles. The second kappa shape index (κ2) is 35.4. The summed E-state index contributed by atoms with van der Waals surface area (Å²) >= 11 is 40.9. The van der Waals surface area contributed by atoms with Gasteiger partial charge in [0.15, 0.2) is 23.1 Å². The van der Waals surface area contributed by atoms with Crippen molar-refractivity contribution >= 4 is 81.2 Å². The van der Waals surface area contributed by atoms with E-state index in [4.69, 9.17) is 91.4 Å². The molecule has 0 bridgehead atoms. The van der Waals surface area contributed by atoms with Gasteiger partial charge in [0.25, 0.3) is 0 Å². The lowest BCUT2D eigenvalue weighted by atomic mass is 10.0. The predicted molar refractivity (Wildman–Crippen MR) is 325 cm³/mol. The van der Waals surface area contributed by atoms with Gasteiger partial charge in [0.05, 0.1) is 10.0 Å². The van der Waals surface area contributed by atoms with E-state index in [1.165, 1.54) is 54.6 Å². The van der Waals surface area contributed by atoms with Crippen molar-refractivity contribution in [1.29, 1.82) is 0 Å². The number of phenolic OH excluding ortho intramolecular Hbond substituents is 4. The third-order valence-electron chi connectivity index (χ3n) is 11.5. The highest BCUT2D eigenvalue weighted by Crippen LogP contribution is 2.38. The third kappa shape index (κ3) is 22.8. The zero-order valence-corrected chi connectivity index (χ0v) is 52.7. The van der Waals surface area contributed by atoms with Gasteiger partial charge < -0.3 is 20.4 Å². The van der Waals surface area contributed by atoms with E-state index in [1.807, 2.05) is 73.6 Å². The number of hydrogen-bond donors (Lipinski definition) is 4. The first kappa shape index (κ1) is 74.3. The van der Waals surface area contributed by atoms with Crippen molar-refractivity contribution in [1.82, 2.24) is 0 Å². The second-order valence-corrected chi connectivity index (χ2v) is 23.0. The Kier molecular flexibility index (Phi) is 32.5. The zero-order chi connectivity index (χ0) is 62.5. The van der Waals surface area contributed by atoms with Crippen LogP contribution in [0.2, 0.25) is 35.2 Å². The number of benzene rings is 7. The van der Waals surface area contributed by atoms with E-state index in [-0.39, 0.29) is 80.5 Å². The van der Waals surface area contributed by atoms with Gasteiger partial charge in [-0.15, -0.1) is 0 Å². The summed E-state index contributed by atoms with van der Waals surface area (Å²) in [6, 6.07) is 24.7. The maximum Gasteiger partial charge on any atom is 0.171 e. The molecule has 0 saturated carbocycles. The van der Waals surface area contributed by atoms with Crippen LogP contribution in [0.3, 0.4) is 0 Å². The van der Waals surface area contributed by atoms with Gasteiger partial charge in [0.1, 0.15) is 40.6 Å². The van der Waals surface area contributed by atoms with Gasteiger partial charge in [-0.25, -0.2) is 30.7 Å². The van der Waals surface area contributed by atoms with Crippen molar-refractivity contribution in [3.63, 3.8) is 0 Å². The zero-order valence-electron chi connectivity index (χ0n) is 47.4. The van der Waals surface area contributed by atoms with E-state index >= 15 is 0 Å². The lowest BCUT2D eigenvalue weighted by Gasteiger charge is -2.10. The number of rotatable bonds is 7. The quantitative estimate of drug-likeness (QED) is 0.120. The van der Waals surface area contributed by atoms with Crippen molar-refractivity contribution in [2.24, 2.45) is 0 Å². The Bertz CT molecular complexity index is 2680. The largest absolute Gasteiger partial charge is 0.506 e. The number of phenols is 4. The molecule has 0 heterocycles. The average molecular weight is 1270 g/mol. The van der Waals surface area contributed by atoms with E-state index in [9.17, 15) is 40.9 Å². The van der Waals surface area contributed by atoms with Crippen LogP contribution in [0.4, 0.5) is 30.7 Å².